The van der Waals surface area contributed by atoms with Crippen LogP contribution in [0.25, 0.3) is 0 Å². The van der Waals surface area contributed by atoms with Gasteiger partial charge in [0.15, 0.2) is 5.82 Å². The smallest absolute Gasteiger partial charge is 0.337 e. The highest BCUT2D eigenvalue weighted by Gasteiger charge is 2.13. The molecule has 19 heavy (non-hydrogen) atoms. The number of nitrogens with two attached hydrogens (primary N) is 1. The molecule has 0 amide bonds. The van der Waals surface area contributed by atoms with E-state index in [1.807, 2.05) is 25.1 Å². The van der Waals surface area contributed by atoms with Gasteiger partial charge < -0.3 is 16.2 Å². The van der Waals surface area contributed by atoms with Crippen LogP contribution in [0.4, 0.5) is 17.2 Å². The standard InChI is InChI=1S/C13H12BrN3O2/c1-7-2-3-9(14)10(6-7)17-12-11(15)8(13(18)19)4-5-16-12/h2-6H,15H2,1H3,(H,16,17)(H,18,19). The highest BCUT2D eigenvalue weighted by molar-refractivity contribution is 9.10. The number of carbonyl (C=O) groups is 1. The van der Waals surface area contributed by atoms with Crippen molar-refractivity contribution in [3.8, 4) is 0 Å². The summed E-state index contributed by atoms with van der Waals surface area (Å²) >= 11 is 3.41. The lowest BCUT2D eigenvalue weighted by Crippen LogP contribution is -2.07. The molecular formula is C13H12BrN3O2. The summed E-state index contributed by atoms with van der Waals surface area (Å²) in [6.45, 7) is 1.96. The fourth-order valence-electron chi connectivity index (χ4n) is 1.62. The van der Waals surface area contributed by atoms with Crippen molar-refractivity contribution in [1.29, 1.82) is 0 Å². The average Bonchev–Trinajstić information content (AvgIpc) is 2.36. The van der Waals surface area contributed by atoms with E-state index in [2.05, 4.69) is 26.2 Å². The Morgan fingerprint density at radius 1 is 1.42 bits per heavy atom. The van der Waals surface area contributed by atoms with Crippen LogP contribution in [0.1, 0.15) is 15.9 Å². The molecule has 0 radical (unpaired) electrons. The number of aromatic carboxylic acids is 1. The first-order valence-electron chi connectivity index (χ1n) is 5.50. The molecule has 2 aromatic rings. The van der Waals surface area contributed by atoms with E-state index < -0.39 is 5.97 Å². The number of carboxylic acid groups (broad SMARTS) is 1. The summed E-state index contributed by atoms with van der Waals surface area (Å²) in [5.74, 6) is -0.752. The molecule has 6 heteroatoms. The minimum Gasteiger partial charge on any atom is -0.478 e. The molecule has 0 aliphatic heterocycles. The molecule has 98 valence electrons. The maximum absolute atomic E-state index is 11.0. The van der Waals surface area contributed by atoms with Gasteiger partial charge in [-0.3, -0.25) is 0 Å². The Morgan fingerprint density at radius 2 is 2.16 bits per heavy atom. The van der Waals surface area contributed by atoms with Crippen molar-refractivity contribution in [3.05, 3.63) is 46.1 Å². The predicted octanol–water partition coefficient (Wildman–Crippen LogP) is 3.18. The van der Waals surface area contributed by atoms with Crippen LogP contribution in [0, 0.1) is 6.92 Å². The summed E-state index contributed by atoms with van der Waals surface area (Å²) in [7, 11) is 0. The van der Waals surface area contributed by atoms with Crippen LogP contribution < -0.4 is 11.1 Å². The van der Waals surface area contributed by atoms with Crippen molar-refractivity contribution in [3.63, 3.8) is 0 Å². The molecule has 0 unspecified atom stereocenters. The van der Waals surface area contributed by atoms with E-state index in [-0.39, 0.29) is 11.3 Å². The van der Waals surface area contributed by atoms with Gasteiger partial charge in [0.25, 0.3) is 0 Å². The topological polar surface area (TPSA) is 88.2 Å². The van der Waals surface area contributed by atoms with Gasteiger partial charge in [-0.2, -0.15) is 0 Å². The first kappa shape index (κ1) is 13.4. The van der Waals surface area contributed by atoms with E-state index in [1.165, 1.54) is 12.3 Å². The number of halogens is 1. The Balaban J connectivity index is 2.41. The predicted molar refractivity (Wildman–Crippen MR) is 77.8 cm³/mol. The number of aromatic nitrogens is 1. The van der Waals surface area contributed by atoms with Crippen LogP contribution in [-0.2, 0) is 0 Å². The van der Waals surface area contributed by atoms with Crippen molar-refractivity contribution in [2.75, 3.05) is 11.1 Å². The first-order valence-corrected chi connectivity index (χ1v) is 6.29. The van der Waals surface area contributed by atoms with Crippen molar-refractivity contribution < 1.29 is 9.90 Å². The van der Waals surface area contributed by atoms with Gasteiger partial charge in [0.2, 0.25) is 0 Å². The normalized spacial score (nSPS) is 10.2. The number of anilines is 3. The van der Waals surface area contributed by atoms with E-state index in [9.17, 15) is 4.79 Å². The largest absolute Gasteiger partial charge is 0.478 e. The van der Waals surface area contributed by atoms with E-state index in [1.54, 1.807) is 0 Å². The fraction of sp³-hybridized carbons (Fsp3) is 0.0769. The minimum atomic E-state index is -1.08. The van der Waals surface area contributed by atoms with Gasteiger partial charge in [0.05, 0.1) is 16.9 Å². The summed E-state index contributed by atoms with van der Waals surface area (Å²) in [5.41, 5.74) is 7.79. The highest BCUT2D eigenvalue weighted by atomic mass is 79.9. The molecular weight excluding hydrogens is 310 g/mol. The number of rotatable bonds is 3. The number of nitrogens with zero attached hydrogens (tertiary/aromatic N) is 1. The maximum atomic E-state index is 11.0. The quantitative estimate of drug-likeness (QED) is 0.808. The summed E-state index contributed by atoms with van der Waals surface area (Å²) < 4.78 is 0.847. The first-order chi connectivity index (χ1) is 8.99. The average molecular weight is 322 g/mol. The molecule has 1 aromatic heterocycles. The molecule has 1 heterocycles. The Labute approximate surface area is 118 Å². The van der Waals surface area contributed by atoms with Crippen LogP contribution in [-0.4, -0.2) is 16.1 Å². The van der Waals surface area contributed by atoms with Crippen LogP contribution in [0.5, 0.6) is 0 Å². The zero-order valence-electron chi connectivity index (χ0n) is 10.1. The second-order valence-electron chi connectivity index (χ2n) is 4.03. The van der Waals surface area contributed by atoms with Gasteiger partial charge >= 0.3 is 5.97 Å². The zero-order chi connectivity index (χ0) is 14.0. The second kappa shape index (κ2) is 5.27. The van der Waals surface area contributed by atoms with E-state index in [4.69, 9.17) is 10.8 Å². The lowest BCUT2D eigenvalue weighted by molar-refractivity contribution is 0.0698. The van der Waals surface area contributed by atoms with Crippen molar-refractivity contribution in [1.82, 2.24) is 4.98 Å². The van der Waals surface area contributed by atoms with E-state index >= 15 is 0 Å². The van der Waals surface area contributed by atoms with Crippen molar-refractivity contribution >= 4 is 39.1 Å². The van der Waals surface area contributed by atoms with Gasteiger partial charge in [-0.25, -0.2) is 9.78 Å². The van der Waals surface area contributed by atoms with Gasteiger partial charge in [0.1, 0.15) is 0 Å². The number of hydrogen-bond acceptors (Lipinski definition) is 4. The minimum absolute atomic E-state index is 0.0290. The number of pyridine rings is 1. The van der Waals surface area contributed by atoms with Crippen molar-refractivity contribution in [2.45, 2.75) is 6.92 Å². The third-order valence-electron chi connectivity index (χ3n) is 2.60. The van der Waals surface area contributed by atoms with Crippen LogP contribution in [0.2, 0.25) is 0 Å². The van der Waals surface area contributed by atoms with Crippen LogP contribution in [0.15, 0.2) is 34.9 Å². The summed E-state index contributed by atoms with van der Waals surface area (Å²) in [6.07, 6.45) is 1.41. The molecule has 0 aliphatic rings. The fourth-order valence-corrected chi connectivity index (χ4v) is 1.97. The molecule has 0 spiro atoms. The monoisotopic (exact) mass is 321 g/mol. The van der Waals surface area contributed by atoms with Gasteiger partial charge in [-0.05, 0) is 46.6 Å². The Morgan fingerprint density at radius 3 is 2.84 bits per heavy atom. The molecule has 0 fully saturated rings. The number of nitrogens with one attached hydrogen (secondary N) is 1. The molecule has 0 aliphatic carbocycles. The molecule has 0 saturated heterocycles. The lowest BCUT2D eigenvalue weighted by Gasteiger charge is -2.12. The number of benzene rings is 1. The molecule has 0 bridgehead atoms. The van der Waals surface area contributed by atoms with E-state index in [0.717, 1.165) is 15.7 Å². The SMILES string of the molecule is Cc1ccc(Br)c(Nc2nccc(C(=O)O)c2N)c1. The Bertz CT molecular complexity index is 644. The summed E-state index contributed by atoms with van der Waals surface area (Å²) in [5, 5.41) is 12.0. The molecule has 5 nitrogen and oxygen atoms in total. The summed E-state index contributed by atoms with van der Waals surface area (Å²) in [6, 6.07) is 7.14. The number of carboxylic acids is 1. The Hall–Kier alpha value is -2.08. The zero-order valence-corrected chi connectivity index (χ0v) is 11.7. The van der Waals surface area contributed by atoms with Gasteiger partial charge in [0, 0.05) is 10.7 Å². The highest BCUT2D eigenvalue weighted by Crippen LogP contribution is 2.29. The van der Waals surface area contributed by atoms with Crippen molar-refractivity contribution in [2.24, 2.45) is 0 Å². The molecule has 0 saturated carbocycles. The van der Waals surface area contributed by atoms with Gasteiger partial charge in [-0.1, -0.05) is 6.07 Å². The maximum Gasteiger partial charge on any atom is 0.337 e. The molecule has 0 atom stereocenters. The lowest BCUT2D eigenvalue weighted by atomic mass is 10.2. The number of hydrogen-bond donors (Lipinski definition) is 3. The third kappa shape index (κ3) is 2.85. The molecule has 2 rings (SSSR count). The molecule has 1 aromatic carbocycles. The van der Waals surface area contributed by atoms with Crippen LogP contribution >= 0.6 is 15.9 Å². The second-order valence-corrected chi connectivity index (χ2v) is 4.89. The number of nitrogen functional groups attached to an aromatic ring is 1. The number of aryl methyl sites for hydroxylation is 1. The van der Waals surface area contributed by atoms with Gasteiger partial charge in [-0.15, -0.1) is 0 Å². The molecule has 4 N–H and O–H groups in total. The van der Waals surface area contributed by atoms with Crippen LogP contribution in [0.3, 0.4) is 0 Å². The van der Waals surface area contributed by atoms with E-state index in [0.29, 0.717) is 5.82 Å². The summed E-state index contributed by atoms with van der Waals surface area (Å²) in [4.78, 5) is 15.1. The third-order valence-corrected chi connectivity index (χ3v) is 3.29. The Kier molecular flexibility index (Phi) is 3.71.